The summed E-state index contributed by atoms with van der Waals surface area (Å²) in [6, 6.07) is 0. The third-order valence-electron chi connectivity index (χ3n) is 5.91. The first-order valence-corrected chi connectivity index (χ1v) is 8.32. The first-order chi connectivity index (χ1) is 10.7. The van der Waals surface area contributed by atoms with Crippen LogP contribution in [0.3, 0.4) is 0 Å². The van der Waals surface area contributed by atoms with E-state index in [1.165, 1.54) is 19.3 Å². The van der Waals surface area contributed by atoms with Crippen molar-refractivity contribution in [1.29, 1.82) is 0 Å². The lowest BCUT2D eigenvalue weighted by Crippen LogP contribution is -2.51. The number of nitrogens with one attached hydrogen (secondary N) is 2. The first kappa shape index (κ1) is 16.6. The number of halogens is 3. The standard InChI is InChI=1S/C16H23F3N2O2/c1-9(16(17,18)19)14(23)21-20-13(22)8-15-5-10-2-11(6-15)4-12(3-10)7-15/h9-12H,2-8H2,1H3,(H,20,22)(H,21,23)/t9-,10?,11?,12?,15?/m1/s1. The quantitative estimate of drug-likeness (QED) is 0.781. The monoisotopic (exact) mass is 332 g/mol. The molecule has 0 heterocycles. The van der Waals surface area contributed by atoms with E-state index in [1.807, 2.05) is 5.43 Å². The van der Waals surface area contributed by atoms with E-state index in [2.05, 4.69) is 5.43 Å². The van der Waals surface area contributed by atoms with Crippen LogP contribution in [0.4, 0.5) is 13.2 Å². The van der Waals surface area contributed by atoms with Crippen LogP contribution in [-0.2, 0) is 9.59 Å². The SMILES string of the molecule is C[C@H](C(=O)NNC(=O)CC12CC3CC(CC(C3)C1)C2)C(F)(F)F. The van der Waals surface area contributed by atoms with Crippen molar-refractivity contribution in [3.63, 3.8) is 0 Å². The van der Waals surface area contributed by atoms with Crippen LogP contribution in [-0.4, -0.2) is 18.0 Å². The maximum Gasteiger partial charge on any atom is 0.400 e. The molecule has 0 aromatic heterocycles. The molecule has 4 saturated carbocycles. The first-order valence-electron chi connectivity index (χ1n) is 8.32. The predicted molar refractivity (Wildman–Crippen MR) is 76.7 cm³/mol. The van der Waals surface area contributed by atoms with Crippen molar-refractivity contribution in [2.45, 2.75) is 58.0 Å². The molecule has 4 fully saturated rings. The molecule has 0 aromatic carbocycles. The second kappa shape index (κ2) is 5.67. The zero-order valence-electron chi connectivity index (χ0n) is 13.2. The van der Waals surface area contributed by atoms with E-state index in [0.29, 0.717) is 24.2 Å². The average molecular weight is 332 g/mol. The van der Waals surface area contributed by atoms with Crippen molar-refractivity contribution in [2.24, 2.45) is 29.1 Å². The number of hydrazine groups is 1. The van der Waals surface area contributed by atoms with Crippen LogP contribution in [0.5, 0.6) is 0 Å². The van der Waals surface area contributed by atoms with E-state index in [-0.39, 0.29) is 11.3 Å². The van der Waals surface area contributed by atoms with Gasteiger partial charge in [-0.15, -0.1) is 0 Å². The van der Waals surface area contributed by atoms with Crippen molar-refractivity contribution >= 4 is 11.8 Å². The zero-order chi connectivity index (χ0) is 16.8. The molecule has 4 bridgehead atoms. The smallest absolute Gasteiger partial charge is 0.273 e. The second-order valence-corrected chi connectivity index (χ2v) is 7.90. The summed E-state index contributed by atoms with van der Waals surface area (Å²) < 4.78 is 37.3. The van der Waals surface area contributed by atoms with Gasteiger partial charge in [0.25, 0.3) is 0 Å². The predicted octanol–water partition coefficient (Wildman–Crippen LogP) is 2.94. The van der Waals surface area contributed by atoms with Gasteiger partial charge in [0.1, 0.15) is 5.92 Å². The Morgan fingerprint density at radius 3 is 1.96 bits per heavy atom. The van der Waals surface area contributed by atoms with Crippen LogP contribution in [0.25, 0.3) is 0 Å². The Balaban J connectivity index is 1.51. The number of carbonyl (C=O) groups is 2. The maximum atomic E-state index is 12.4. The highest BCUT2D eigenvalue weighted by Gasteiger charge is 2.51. The van der Waals surface area contributed by atoms with Crippen LogP contribution in [0.1, 0.15) is 51.9 Å². The minimum Gasteiger partial charge on any atom is -0.273 e. The average Bonchev–Trinajstić information content (AvgIpc) is 2.40. The fourth-order valence-corrected chi connectivity index (χ4v) is 5.28. The highest BCUT2D eigenvalue weighted by atomic mass is 19.4. The van der Waals surface area contributed by atoms with Gasteiger partial charge in [0.05, 0.1) is 0 Å². The number of hydrogen-bond acceptors (Lipinski definition) is 2. The Morgan fingerprint density at radius 2 is 1.52 bits per heavy atom. The molecule has 23 heavy (non-hydrogen) atoms. The topological polar surface area (TPSA) is 58.2 Å². The lowest BCUT2D eigenvalue weighted by atomic mass is 9.49. The molecule has 0 saturated heterocycles. The molecule has 1 atom stereocenters. The van der Waals surface area contributed by atoms with E-state index < -0.39 is 18.0 Å². The minimum absolute atomic E-state index is 0.000790. The van der Waals surface area contributed by atoms with Gasteiger partial charge in [-0.05, 0) is 68.6 Å². The lowest BCUT2D eigenvalue weighted by Gasteiger charge is -2.56. The molecular formula is C16H23F3N2O2. The lowest BCUT2D eigenvalue weighted by molar-refractivity contribution is -0.180. The van der Waals surface area contributed by atoms with Crippen LogP contribution in [0, 0.1) is 29.1 Å². The molecule has 4 aliphatic carbocycles. The van der Waals surface area contributed by atoms with Crippen LogP contribution in [0.2, 0.25) is 0 Å². The molecule has 0 radical (unpaired) electrons. The van der Waals surface area contributed by atoms with Gasteiger partial charge >= 0.3 is 6.18 Å². The van der Waals surface area contributed by atoms with Crippen molar-refractivity contribution in [3.05, 3.63) is 0 Å². The maximum absolute atomic E-state index is 12.4. The number of amides is 2. The Morgan fingerprint density at radius 1 is 1.04 bits per heavy atom. The normalized spacial score (nSPS) is 36.6. The Labute approximate surface area is 133 Å². The molecule has 4 nitrogen and oxygen atoms in total. The van der Waals surface area contributed by atoms with Crippen molar-refractivity contribution in [3.8, 4) is 0 Å². The summed E-state index contributed by atoms with van der Waals surface area (Å²) >= 11 is 0. The summed E-state index contributed by atoms with van der Waals surface area (Å²) in [6.07, 6.45) is 2.62. The van der Waals surface area contributed by atoms with Crippen molar-refractivity contribution < 1.29 is 22.8 Å². The van der Waals surface area contributed by atoms with Gasteiger partial charge in [0, 0.05) is 6.42 Å². The highest BCUT2D eigenvalue weighted by molar-refractivity contribution is 5.83. The van der Waals surface area contributed by atoms with Gasteiger partial charge in [-0.25, -0.2) is 0 Å². The largest absolute Gasteiger partial charge is 0.400 e. The molecule has 0 aliphatic heterocycles. The van der Waals surface area contributed by atoms with Gasteiger partial charge < -0.3 is 0 Å². The summed E-state index contributed by atoms with van der Waals surface area (Å²) in [5, 5.41) is 0. The third kappa shape index (κ3) is 3.48. The van der Waals surface area contributed by atoms with Gasteiger partial charge in [0.2, 0.25) is 11.8 Å². The molecule has 0 spiro atoms. The number of rotatable bonds is 3. The molecular weight excluding hydrogens is 309 g/mol. The van der Waals surface area contributed by atoms with Crippen molar-refractivity contribution in [2.75, 3.05) is 0 Å². The molecule has 4 aliphatic rings. The summed E-state index contributed by atoms with van der Waals surface area (Å²) in [4.78, 5) is 23.5. The Hall–Kier alpha value is -1.27. The van der Waals surface area contributed by atoms with Crippen molar-refractivity contribution in [1.82, 2.24) is 10.9 Å². The Bertz CT molecular complexity index is 469. The molecule has 7 heteroatoms. The number of carbonyl (C=O) groups excluding carboxylic acids is 2. The van der Waals surface area contributed by atoms with Gasteiger partial charge in [-0.3, -0.25) is 20.4 Å². The van der Waals surface area contributed by atoms with E-state index in [0.717, 1.165) is 26.2 Å². The van der Waals surface area contributed by atoms with Crippen LogP contribution < -0.4 is 10.9 Å². The highest BCUT2D eigenvalue weighted by Crippen LogP contribution is 2.61. The zero-order valence-corrected chi connectivity index (χ0v) is 13.2. The van der Waals surface area contributed by atoms with Gasteiger partial charge in [-0.1, -0.05) is 0 Å². The van der Waals surface area contributed by atoms with E-state index in [1.54, 1.807) is 0 Å². The molecule has 0 aromatic rings. The Kier molecular flexibility index (Phi) is 4.09. The summed E-state index contributed by atoms with van der Waals surface area (Å²) in [7, 11) is 0. The van der Waals surface area contributed by atoms with E-state index in [4.69, 9.17) is 0 Å². The van der Waals surface area contributed by atoms with Gasteiger partial charge in [-0.2, -0.15) is 13.2 Å². The molecule has 4 rings (SSSR count). The van der Waals surface area contributed by atoms with E-state index in [9.17, 15) is 22.8 Å². The summed E-state index contributed by atoms with van der Waals surface area (Å²) in [5.41, 5.74) is 4.08. The minimum atomic E-state index is -4.60. The summed E-state index contributed by atoms with van der Waals surface area (Å²) in [6.45, 7) is 0.778. The molecule has 2 amide bonds. The summed E-state index contributed by atoms with van der Waals surface area (Å²) in [5.74, 6) is -1.63. The molecule has 130 valence electrons. The molecule has 0 unspecified atom stereocenters. The van der Waals surface area contributed by atoms with Crippen LogP contribution >= 0.6 is 0 Å². The third-order valence-corrected chi connectivity index (χ3v) is 5.91. The fraction of sp³-hybridized carbons (Fsp3) is 0.875. The molecule has 2 N–H and O–H groups in total. The van der Waals surface area contributed by atoms with E-state index >= 15 is 0 Å². The second-order valence-electron chi connectivity index (χ2n) is 7.90. The number of hydrogen-bond donors (Lipinski definition) is 2. The van der Waals surface area contributed by atoms with Crippen LogP contribution in [0.15, 0.2) is 0 Å². The van der Waals surface area contributed by atoms with Gasteiger partial charge in [0.15, 0.2) is 0 Å². The number of alkyl halides is 3. The fourth-order valence-electron chi connectivity index (χ4n) is 5.28.